The van der Waals surface area contributed by atoms with Crippen LogP contribution in [0.5, 0.6) is 0 Å². The number of aromatic nitrogens is 2. The Hall–Kier alpha value is -3.12. The average Bonchev–Trinajstić information content (AvgIpc) is 3.11. The lowest BCUT2D eigenvalue weighted by Crippen LogP contribution is -2.32. The summed E-state index contributed by atoms with van der Waals surface area (Å²) in [5.41, 5.74) is 3.45. The summed E-state index contributed by atoms with van der Waals surface area (Å²) in [5, 5.41) is 0.602. The van der Waals surface area contributed by atoms with Gasteiger partial charge in [0.05, 0.1) is 23.5 Å². The van der Waals surface area contributed by atoms with E-state index in [2.05, 4.69) is 9.97 Å². The first kappa shape index (κ1) is 19.2. The van der Waals surface area contributed by atoms with Crippen molar-refractivity contribution in [2.24, 2.45) is 0 Å². The molecule has 0 aliphatic carbocycles. The van der Waals surface area contributed by atoms with Gasteiger partial charge in [0.25, 0.3) is 0 Å². The van der Waals surface area contributed by atoms with Crippen molar-refractivity contribution in [3.63, 3.8) is 0 Å². The minimum absolute atomic E-state index is 0.0529. The Morgan fingerprint density at radius 1 is 1.28 bits per heavy atom. The molecule has 4 rings (SSSR count). The number of imidazole rings is 1. The van der Waals surface area contributed by atoms with E-state index in [-0.39, 0.29) is 12.3 Å². The number of benzene rings is 2. The van der Waals surface area contributed by atoms with Crippen molar-refractivity contribution in [2.45, 2.75) is 32.4 Å². The number of hydrogen-bond donors (Lipinski definition) is 1. The fourth-order valence-electron chi connectivity index (χ4n) is 3.57. The standard InChI is InChI=1S/C22H20ClN3O3/c1-13(22-24-18-8-7-16(23)11-19(18)25-22)29-21(28)12-20-17-6-4-3-5-15(17)9-10-26(20)14(2)27/h3-11,13,20H,12H2,1-2H3,(H,24,25). The van der Waals surface area contributed by atoms with Crippen molar-refractivity contribution in [2.75, 3.05) is 0 Å². The number of aromatic amines is 1. The number of halogens is 1. The summed E-state index contributed by atoms with van der Waals surface area (Å²) in [5.74, 6) is 0.0103. The molecule has 2 aromatic carbocycles. The van der Waals surface area contributed by atoms with E-state index in [4.69, 9.17) is 16.3 Å². The van der Waals surface area contributed by atoms with Crippen molar-refractivity contribution in [3.8, 4) is 0 Å². The number of rotatable bonds is 4. The molecule has 2 unspecified atom stereocenters. The summed E-state index contributed by atoms with van der Waals surface area (Å²) in [6.07, 6.45) is 3.08. The SMILES string of the molecule is CC(=O)N1C=Cc2ccccc2C1CC(=O)OC(C)c1nc2ccc(Cl)cc2[nH]1. The fourth-order valence-corrected chi connectivity index (χ4v) is 3.74. The Balaban J connectivity index is 1.51. The van der Waals surface area contributed by atoms with Gasteiger partial charge in [0.15, 0.2) is 6.10 Å². The van der Waals surface area contributed by atoms with Gasteiger partial charge in [0.2, 0.25) is 5.91 Å². The van der Waals surface area contributed by atoms with E-state index in [1.54, 1.807) is 30.2 Å². The number of amides is 1. The molecule has 2 atom stereocenters. The predicted octanol–water partition coefficient (Wildman–Crippen LogP) is 4.78. The molecular formula is C22H20ClN3O3. The summed E-state index contributed by atoms with van der Waals surface area (Å²) < 4.78 is 5.61. The summed E-state index contributed by atoms with van der Waals surface area (Å²) in [7, 11) is 0. The Bertz CT molecular complexity index is 1120. The number of carbonyl (C=O) groups excluding carboxylic acids is 2. The molecule has 0 radical (unpaired) electrons. The van der Waals surface area contributed by atoms with Crippen LogP contribution in [0.2, 0.25) is 5.02 Å². The normalized spacial score (nSPS) is 16.5. The van der Waals surface area contributed by atoms with Crippen molar-refractivity contribution in [1.29, 1.82) is 0 Å². The molecule has 0 saturated carbocycles. The predicted molar refractivity (Wildman–Crippen MR) is 111 cm³/mol. The number of carbonyl (C=O) groups is 2. The molecule has 7 heteroatoms. The molecule has 1 N–H and O–H groups in total. The molecular weight excluding hydrogens is 390 g/mol. The highest BCUT2D eigenvalue weighted by Gasteiger charge is 2.29. The number of ether oxygens (including phenoxy) is 1. The maximum atomic E-state index is 12.7. The number of nitrogens with zero attached hydrogens (tertiary/aromatic N) is 2. The van der Waals surface area contributed by atoms with E-state index < -0.39 is 18.1 Å². The van der Waals surface area contributed by atoms with Crippen LogP contribution in [0.1, 0.15) is 49.4 Å². The second-order valence-corrected chi connectivity index (χ2v) is 7.44. The van der Waals surface area contributed by atoms with Crippen LogP contribution in [0.15, 0.2) is 48.7 Å². The summed E-state index contributed by atoms with van der Waals surface area (Å²) >= 11 is 6.01. The van der Waals surface area contributed by atoms with Crippen LogP contribution < -0.4 is 0 Å². The highest BCUT2D eigenvalue weighted by Crippen LogP contribution is 2.33. The highest BCUT2D eigenvalue weighted by molar-refractivity contribution is 6.31. The molecule has 0 fully saturated rings. The number of esters is 1. The third-order valence-corrected chi connectivity index (χ3v) is 5.22. The van der Waals surface area contributed by atoms with Gasteiger partial charge in [0.1, 0.15) is 5.82 Å². The molecule has 1 aromatic heterocycles. The average molecular weight is 410 g/mol. The van der Waals surface area contributed by atoms with Gasteiger partial charge in [-0.1, -0.05) is 35.9 Å². The second-order valence-electron chi connectivity index (χ2n) is 7.01. The van der Waals surface area contributed by atoms with Crippen molar-refractivity contribution >= 4 is 40.6 Å². The number of nitrogens with one attached hydrogen (secondary N) is 1. The van der Waals surface area contributed by atoms with Crippen molar-refractivity contribution < 1.29 is 14.3 Å². The van der Waals surface area contributed by atoms with Crippen LogP contribution in [0.3, 0.4) is 0 Å². The zero-order valence-electron chi connectivity index (χ0n) is 16.1. The second kappa shape index (κ2) is 7.72. The van der Waals surface area contributed by atoms with Gasteiger partial charge in [-0.25, -0.2) is 4.98 Å². The highest BCUT2D eigenvalue weighted by atomic mass is 35.5. The van der Waals surface area contributed by atoms with E-state index in [0.717, 1.165) is 22.2 Å². The topological polar surface area (TPSA) is 75.3 Å². The fraction of sp³-hybridized carbons (Fsp3) is 0.227. The van der Waals surface area contributed by atoms with E-state index >= 15 is 0 Å². The zero-order chi connectivity index (χ0) is 20.5. The maximum absolute atomic E-state index is 12.7. The van der Waals surface area contributed by atoms with Crippen molar-refractivity contribution in [1.82, 2.24) is 14.9 Å². The molecule has 0 saturated heterocycles. The Kier molecular flexibility index (Phi) is 5.11. The van der Waals surface area contributed by atoms with E-state index in [9.17, 15) is 9.59 Å². The van der Waals surface area contributed by atoms with Gasteiger partial charge in [-0.05, 0) is 42.3 Å². The third-order valence-electron chi connectivity index (χ3n) is 4.98. The van der Waals surface area contributed by atoms with Crippen LogP contribution in [0, 0.1) is 0 Å². The quantitative estimate of drug-likeness (QED) is 0.629. The van der Waals surface area contributed by atoms with Gasteiger partial charge < -0.3 is 14.6 Å². The molecule has 0 bridgehead atoms. The van der Waals surface area contributed by atoms with E-state index in [0.29, 0.717) is 10.8 Å². The largest absolute Gasteiger partial charge is 0.454 e. The molecule has 1 aliphatic heterocycles. The lowest BCUT2D eigenvalue weighted by molar-refractivity contribution is -0.150. The van der Waals surface area contributed by atoms with Crippen LogP contribution in [0.4, 0.5) is 0 Å². The monoisotopic (exact) mass is 409 g/mol. The number of hydrogen-bond acceptors (Lipinski definition) is 4. The first-order valence-corrected chi connectivity index (χ1v) is 9.71. The maximum Gasteiger partial charge on any atom is 0.308 e. The molecule has 29 heavy (non-hydrogen) atoms. The van der Waals surface area contributed by atoms with Crippen LogP contribution in [0.25, 0.3) is 17.1 Å². The van der Waals surface area contributed by atoms with E-state index in [1.807, 2.05) is 36.4 Å². The van der Waals surface area contributed by atoms with Crippen LogP contribution in [-0.2, 0) is 14.3 Å². The van der Waals surface area contributed by atoms with E-state index in [1.165, 1.54) is 6.92 Å². The van der Waals surface area contributed by atoms with Crippen LogP contribution in [-0.4, -0.2) is 26.7 Å². The minimum Gasteiger partial charge on any atom is -0.454 e. The molecule has 148 valence electrons. The number of H-pyrrole nitrogens is 1. The minimum atomic E-state index is -0.561. The molecule has 1 aliphatic rings. The van der Waals surface area contributed by atoms with Gasteiger partial charge in [-0.15, -0.1) is 0 Å². The lowest BCUT2D eigenvalue weighted by Gasteiger charge is -2.32. The molecule has 2 heterocycles. The molecule has 0 spiro atoms. The Morgan fingerprint density at radius 2 is 2.07 bits per heavy atom. The summed E-state index contributed by atoms with van der Waals surface area (Å²) in [4.78, 5) is 33.9. The molecule has 1 amide bonds. The van der Waals surface area contributed by atoms with Gasteiger partial charge in [0, 0.05) is 18.1 Å². The smallest absolute Gasteiger partial charge is 0.308 e. The molecule has 3 aromatic rings. The Labute approximate surface area is 173 Å². The van der Waals surface area contributed by atoms with Gasteiger partial charge in [-0.3, -0.25) is 9.59 Å². The van der Waals surface area contributed by atoms with Gasteiger partial charge >= 0.3 is 5.97 Å². The number of fused-ring (bicyclic) bond motifs is 2. The van der Waals surface area contributed by atoms with Crippen molar-refractivity contribution in [3.05, 3.63) is 70.6 Å². The first-order valence-electron chi connectivity index (χ1n) is 9.33. The van der Waals surface area contributed by atoms with Gasteiger partial charge in [-0.2, -0.15) is 0 Å². The zero-order valence-corrected chi connectivity index (χ0v) is 16.8. The summed E-state index contributed by atoms with van der Waals surface area (Å²) in [6.45, 7) is 3.24. The lowest BCUT2D eigenvalue weighted by atomic mass is 9.94. The third kappa shape index (κ3) is 3.89. The first-order chi connectivity index (χ1) is 13.9. The Morgan fingerprint density at radius 3 is 2.86 bits per heavy atom. The summed E-state index contributed by atoms with van der Waals surface area (Å²) in [6, 6.07) is 12.7. The van der Waals surface area contributed by atoms with Crippen LogP contribution >= 0.6 is 11.6 Å². The molecule has 6 nitrogen and oxygen atoms in total.